The zero-order valence-electron chi connectivity index (χ0n) is 17.0. The summed E-state index contributed by atoms with van der Waals surface area (Å²) in [6.45, 7) is 1.68. The highest BCUT2D eigenvalue weighted by atomic mass is 32.2. The number of hydrogen-bond acceptors (Lipinski definition) is 5. The normalized spacial score (nSPS) is 14.1. The van der Waals surface area contributed by atoms with Crippen LogP contribution in [0.4, 0.5) is 5.69 Å². The fourth-order valence-corrected chi connectivity index (χ4v) is 4.41. The van der Waals surface area contributed by atoms with Crippen LogP contribution in [0.3, 0.4) is 0 Å². The van der Waals surface area contributed by atoms with Gasteiger partial charge in [-0.25, -0.2) is 0 Å². The molecule has 0 saturated carbocycles. The molecular weight excluding hydrogens is 416 g/mol. The van der Waals surface area contributed by atoms with E-state index in [0.29, 0.717) is 43.1 Å². The minimum absolute atomic E-state index is 0.0248. The minimum atomic E-state index is -0.468. The Balaban J connectivity index is 1.39. The summed E-state index contributed by atoms with van der Waals surface area (Å²) in [7, 11) is 0. The van der Waals surface area contributed by atoms with Crippen LogP contribution in [0.25, 0.3) is 10.9 Å². The van der Waals surface area contributed by atoms with Crippen molar-refractivity contribution in [2.24, 2.45) is 0 Å². The number of H-pyrrole nitrogens is 1. The maximum Gasteiger partial charge on any atom is 0.283 e. The van der Waals surface area contributed by atoms with Crippen molar-refractivity contribution in [1.29, 1.82) is 0 Å². The molecule has 31 heavy (non-hydrogen) atoms. The number of aromatic amines is 1. The van der Waals surface area contributed by atoms with Crippen LogP contribution in [0.5, 0.6) is 0 Å². The van der Waals surface area contributed by atoms with Crippen molar-refractivity contribution >= 4 is 40.2 Å². The molecule has 0 radical (unpaired) electrons. The second kappa shape index (κ2) is 8.81. The highest BCUT2D eigenvalue weighted by Gasteiger charge is 2.26. The monoisotopic (exact) mass is 438 g/mol. The van der Waals surface area contributed by atoms with Gasteiger partial charge in [0.15, 0.2) is 0 Å². The average molecular weight is 439 g/mol. The first kappa shape index (κ1) is 20.9. The van der Waals surface area contributed by atoms with Gasteiger partial charge in [0.05, 0.1) is 16.2 Å². The molecule has 0 spiro atoms. The number of nitro benzene ring substituents is 1. The molecule has 1 aromatic heterocycles. The Labute approximate surface area is 183 Å². The average Bonchev–Trinajstić information content (AvgIpc) is 3.21. The summed E-state index contributed by atoms with van der Waals surface area (Å²) < 4.78 is 0. The van der Waals surface area contributed by atoms with Gasteiger partial charge < -0.3 is 14.8 Å². The molecule has 0 atom stereocenters. The lowest BCUT2D eigenvalue weighted by molar-refractivity contribution is -0.387. The molecule has 1 aliphatic heterocycles. The summed E-state index contributed by atoms with van der Waals surface area (Å²) in [6.07, 6.45) is 3.93. The van der Waals surface area contributed by atoms with Crippen molar-refractivity contribution in [3.8, 4) is 0 Å². The number of nitro groups is 1. The predicted molar refractivity (Wildman–Crippen MR) is 119 cm³/mol. The molecule has 1 saturated heterocycles. The van der Waals surface area contributed by atoms with Gasteiger partial charge in [-0.2, -0.15) is 0 Å². The van der Waals surface area contributed by atoms with Gasteiger partial charge in [0.2, 0.25) is 5.91 Å². The van der Waals surface area contributed by atoms with Crippen molar-refractivity contribution in [2.75, 3.05) is 32.4 Å². The number of nitrogens with zero attached hydrogens (tertiary/aromatic N) is 3. The van der Waals surface area contributed by atoms with Crippen LogP contribution in [0.2, 0.25) is 0 Å². The highest BCUT2D eigenvalue weighted by molar-refractivity contribution is 7.98. The van der Waals surface area contributed by atoms with Crippen molar-refractivity contribution in [3.05, 3.63) is 69.9 Å². The van der Waals surface area contributed by atoms with Crippen molar-refractivity contribution in [3.63, 3.8) is 0 Å². The predicted octanol–water partition coefficient (Wildman–Crippen LogP) is 3.33. The van der Waals surface area contributed by atoms with E-state index in [0.717, 1.165) is 16.5 Å². The van der Waals surface area contributed by atoms with E-state index in [4.69, 9.17) is 0 Å². The topological polar surface area (TPSA) is 99.6 Å². The Morgan fingerprint density at radius 3 is 2.52 bits per heavy atom. The molecule has 2 heterocycles. The lowest BCUT2D eigenvalue weighted by Gasteiger charge is -2.35. The van der Waals surface area contributed by atoms with Gasteiger partial charge in [0.25, 0.3) is 11.6 Å². The Hall–Kier alpha value is -3.33. The SMILES string of the molecule is CSc1ccc(C(=O)N2CCN(C(=O)Cc3c[nH]c4ccccc34)CC2)cc1[N+](=O)[O-]. The van der Waals surface area contributed by atoms with E-state index in [1.54, 1.807) is 28.2 Å². The van der Waals surface area contributed by atoms with Crippen molar-refractivity contribution in [2.45, 2.75) is 11.3 Å². The third kappa shape index (κ3) is 4.27. The summed E-state index contributed by atoms with van der Waals surface area (Å²) in [5, 5.41) is 12.3. The van der Waals surface area contributed by atoms with Crippen LogP contribution in [0, 0.1) is 10.1 Å². The number of aromatic nitrogens is 1. The fraction of sp³-hybridized carbons (Fsp3) is 0.273. The Morgan fingerprint density at radius 1 is 1.10 bits per heavy atom. The highest BCUT2D eigenvalue weighted by Crippen LogP contribution is 2.29. The van der Waals surface area contributed by atoms with Crippen molar-refractivity contribution < 1.29 is 14.5 Å². The molecule has 0 aliphatic carbocycles. The van der Waals surface area contributed by atoms with E-state index >= 15 is 0 Å². The van der Waals surface area contributed by atoms with Crippen LogP contribution < -0.4 is 0 Å². The van der Waals surface area contributed by atoms with Gasteiger partial charge in [-0.15, -0.1) is 11.8 Å². The largest absolute Gasteiger partial charge is 0.361 e. The second-order valence-corrected chi connectivity index (χ2v) is 8.20. The molecule has 1 fully saturated rings. The van der Waals surface area contributed by atoms with Gasteiger partial charge >= 0.3 is 0 Å². The summed E-state index contributed by atoms with van der Waals surface area (Å²) in [6, 6.07) is 12.4. The Bertz CT molecular complexity index is 1150. The molecule has 9 heteroatoms. The number of carbonyl (C=O) groups excluding carboxylic acids is 2. The molecule has 3 aromatic rings. The molecule has 8 nitrogen and oxygen atoms in total. The minimum Gasteiger partial charge on any atom is -0.361 e. The summed E-state index contributed by atoms with van der Waals surface area (Å²) in [4.78, 5) is 43.6. The molecule has 2 amide bonds. The lowest BCUT2D eigenvalue weighted by atomic mass is 10.1. The van der Waals surface area contributed by atoms with Gasteiger partial charge in [-0.1, -0.05) is 18.2 Å². The van der Waals surface area contributed by atoms with E-state index in [1.807, 2.05) is 30.5 Å². The summed E-state index contributed by atoms with van der Waals surface area (Å²) >= 11 is 1.27. The smallest absolute Gasteiger partial charge is 0.283 e. The molecule has 4 rings (SSSR count). The molecule has 1 aliphatic rings. The molecule has 1 N–H and O–H groups in total. The van der Waals surface area contributed by atoms with Crippen LogP contribution in [-0.2, 0) is 11.2 Å². The number of fused-ring (bicyclic) bond motifs is 1. The number of nitrogens with one attached hydrogen (secondary N) is 1. The molecular formula is C22H22N4O4S. The van der Waals surface area contributed by atoms with Gasteiger partial charge in [-0.05, 0) is 30.0 Å². The first-order chi connectivity index (χ1) is 15.0. The molecule has 0 bridgehead atoms. The molecule has 2 aromatic carbocycles. The Morgan fingerprint density at radius 2 is 1.81 bits per heavy atom. The third-order valence-electron chi connectivity index (χ3n) is 5.56. The quantitative estimate of drug-likeness (QED) is 0.374. The number of amides is 2. The first-order valence-corrected chi connectivity index (χ1v) is 11.1. The van der Waals surface area contributed by atoms with E-state index in [-0.39, 0.29) is 17.5 Å². The number of thioether (sulfide) groups is 1. The van der Waals surface area contributed by atoms with Gasteiger partial charge in [0.1, 0.15) is 0 Å². The zero-order valence-corrected chi connectivity index (χ0v) is 17.9. The number of piperazine rings is 1. The molecule has 160 valence electrons. The van der Waals surface area contributed by atoms with Crippen LogP contribution >= 0.6 is 11.8 Å². The van der Waals surface area contributed by atoms with E-state index in [9.17, 15) is 19.7 Å². The number of hydrogen-bond donors (Lipinski definition) is 1. The number of benzene rings is 2. The first-order valence-electron chi connectivity index (χ1n) is 9.92. The lowest BCUT2D eigenvalue weighted by Crippen LogP contribution is -2.51. The standard InChI is InChI=1S/C22H22N4O4S/c1-31-20-7-6-15(12-19(20)26(29)30)22(28)25-10-8-24(9-11-25)21(27)13-16-14-23-18-5-3-2-4-17(16)18/h2-7,12,14,23H,8-11,13H2,1H3. The summed E-state index contributed by atoms with van der Waals surface area (Å²) in [5.74, 6) is -0.226. The van der Waals surface area contributed by atoms with Crippen LogP contribution in [0.1, 0.15) is 15.9 Å². The fourth-order valence-electron chi connectivity index (χ4n) is 3.86. The van der Waals surface area contributed by atoms with Crippen LogP contribution in [0.15, 0.2) is 53.6 Å². The maximum absolute atomic E-state index is 12.8. The number of rotatable bonds is 5. The second-order valence-electron chi connectivity index (χ2n) is 7.35. The third-order valence-corrected chi connectivity index (χ3v) is 6.34. The number of para-hydroxylation sites is 1. The van der Waals surface area contributed by atoms with Crippen LogP contribution in [-0.4, -0.2) is 64.0 Å². The number of carbonyl (C=O) groups is 2. The van der Waals surface area contributed by atoms with Crippen molar-refractivity contribution in [1.82, 2.24) is 14.8 Å². The van der Waals surface area contributed by atoms with Gasteiger partial charge in [-0.3, -0.25) is 19.7 Å². The van der Waals surface area contributed by atoms with E-state index in [2.05, 4.69) is 4.98 Å². The summed E-state index contributed by atoms with van der Waals surface area (Å²) in [5.41, 5.74) is 2.19. The maximum atomic E-state index is 12.8. The van der Waals surface area contributed by atoms with E-state index in [1.165, 1.54) is 17.8 Å². The van der Waals surface area contributed by atoms with E-state index < -0.39 is 4.92 Å². The zero-order chi connectivity index (χ0) is 22.0. The molecule has 0 unspecified atom stereocenters. The van der Waals surface area contributed by atoms with Gasteiger partial charge in [0, 0.05) is 54.9 Å². The Kier molecular flexibility index (Phi) is 5.94.